The Bertz CT molecular complexity index is 1180. The van der Waals surface area contributed by atoms with Crippen LogP contribution in [0.25, 0.3) is 5.65 Å². The summed E-state index contributed by atoms with van der Waals surface area (Å²) in [7, 11) is 0. The molecule has 2 aromatic heterocycles. The normalized spacial score (nSPS) is 17.5. The zero-order valence-corrected chi connectivity index (χ0v) is 18.2. The fraction of sp³-hybridized carbons (Fsp3) is 0.417. The number of rotatable bonds is 3. The average Bonchev–Trinajstić information content (AvgIpc) is 3.32. The summed E-state index contributed by atoms with van der Waals surface area (Å²) in [5.74, 6) is 5.81. The molecule has 8 heteroatoms. The summed E-state index contributed by atoms with van der Waals surface area (Å²) < 4.78 is 41.1. The van der Waals surface area contributed by atoms with Gasteiger partial charge in [0.2, 0.25) is 0 Å². The molecule has 3 aromatic rings. The van der Waals surface area contributed by atoms with Crippen molar-refractivity contribution >= 4 is 5.65 Å². The van der Waals surface area contributed by atoms with E-state index in [2.05, 4.69) is 26.8 Å². The van der Waals surface area contributed by atoms with E-state index >= 15 is 0 Å². The van der Waals surface area contributed by atoms with Gasteiger partial charge in [-0.15, -0.1) is 0 Å². The van der Waals surface area contributed by atoms with Crippen LogP contribution in [-0.2, 0) is 12.7 Å². The van der Waals surface area contributed by atoms with Crippen molar-refractivity contribution in [3.05, 3.63) is 64.6 Å². The van der Waals surface area contributed by atoms with Crippen LogP contribution in [0.3, 0.4) is 0 Å². The second-order valence-corrected chi connectivity index (χ2v) is 8.85. The molecule has 3 heterocycles. The third kappa shape index (κ3) is 5.12. The smallest absolute Gasteiger partial charge is 0.378 e. The summed E-state index contributed by atoms with van der Waals surface area (Å²) >= 11 is 0. The van der Waals surface area contributed by atoms with Crippen molar-refractivity contribution in [3.8, 4) is 11.8 Å². The number of halogens is 3. The molecular formula is C24H25F3N4O. The first kappa shape index (κ1) is 22.3. The molecule has 1 fully saturated rings. The van der Waals surface area contributed by atoms with Gasteiger partial charge in [0.1, 0.15) is 11.3 Å². The highest BCUT2D eigenvalue weighted by atomic mass is 19.4. The second-order valence-electron chi connectivity index (χ2n) is 8.85. The quantitative estimate of drug-likeness (QED) is 0.619. The molecule has 0 aliphatic carbocycles. The van der Waals surface area contributed by atoms with Gasteiger partial charge in [-0.05, 0) is 57.5 Å². The number of alkyl halides is 3. The summed E-state index contributed by atoms with van der Waals surface area (Å²) in [5.41, 5.74) is 1.33. The van der Waals surface area contributed by atoms with Gasteiger partial charge in [0.25, 0.3) is 0 Å². The molecule has 1 atom stereocenters. The van der Waals surface area contributed by atoms with Gasteiger partial charge in [0, 0.05) is 36.3 Å². The van der Waals surface area contributed by atoms with Crippen LogP contribution in [0.4, 0.5) is 13.2 Å². The number of hydrogen-bond donors (Lipinski definition) is 1. The van der Waals surface area contributed by atoms with E-state index in [1.807, 2.05) is 24.3 Å². The molecule has 1 aromatic carbocycles. The lowest BCUT2D eigenvalue weighted by Crippen LogP contribution is -2.20. The summed E-state index contributed by atoms with van der Waals surface area (Å²) in [4.78, 5) is 6.50. The summed E-state index contributed by atoms with van der Waals surface area (Å²) in [6.07, 6.45) is -3.65. The van der Waals surface area contributed by atoms with Gasteiger partial charge >= 0.3 is 6.18 Å². The predicted octanol–water partition coefficient (Wildman–Crippen LogP) is 4.17. The number of hydrogen-bond acceptors (Lipinski definition) is 4. The fourth-order valence-corrected chi connectivity index (χ4v) is 3.91. The molecule has 0 radical (unpaired) electrons. The van der Waals surface area contributed by atoms with Crippen molar-refractivity contribution in [1.82, 2.24) is 19.5 Å². The number of aryl methyl sites for hydroxylation is 1. The molecule has 0 amide bonds. The zero-order valence-electron chi connectivity index (χ0n) is 18.2. The van der Waals surface area contributed by atoms with Gasteiger partial charge < -0.3 is 5.11 Å². The molecular weight excluding hydrogens is 417 g/mol. The first-order valence-electron chi connectivity index (χ1n) is 10.5. The molecule has 1 aliphatic rings. The van der Waals surface area contributed by atoms with E-state index in [0.29, 0.717) is 11.4 Å². The summed E-state index contributed by atoms with van der Waals surface area (Å²) in [6.45, 7) is 7.15. The van der Waals surface area contributed by atoms with Crippen molar-refractivity contribution in [2.45, 2.75) is 51.4 Å². The van der Waals surface area contributed by atoms with Crippen LogP contribution in [0.5, 0.6) is 0 Å². The van der Waals surface area contributed by atoms with Crippen molar-refractivity contribution in [2.24, 2.45) is 0 Å². The highest BCUT2D eigenvalue weighted by molar-refractivity contribution is 5.43. The molecule has 32 heavy (non-hydrogen) atoms. The van der Waals surface area contributed by atoms with Gasteiger partial charge in [-0.1, -0.05) is 24.0 Å². The van der Waals surface area contributed by atoms with Crippen LogP contribution in [0.15, 0.2) is 36.4 Å². The van der Waals surface area contributed by atoms with Crippen molar-refractivity contribution in [1.29, 1.82) is 0 Å². The van der Waals surface area contributed by atoms with E-state index < -0.39 is 17.5 Å². The molecule has 1 saturated heterocycles. The second kappa shape index (κ2) is 8.23. The maximum Gasteiger partial charge on any atom is 0.433 e. The van der Waals surface area contributed by atoms with E-state index in [-0.39, 0.29) is 11.6 Å². The number of benzene rings is 1. The summed E-state index contributed by atoms with van der Waals surface area (Å²) in [6, 6.07) is 10.6. The predicted molar refractivity (Wildman–Crippen MR) is 115 cm³/mol. The third-order valence-electron chi connectivity index (χ3n) is 5.43. The number of aliphatic hydroxyl groups is 1. The van der Waals surface area contributed by atoms with Gasteiger partial charge in [-0.25, -0.2) is 9.50 Å². The molecule has 1 N–H and O–H groups in total. The Labute approximate surface area is 184 Å². The topological polar surface area (TPSA) is 53.7 Å². The SMILES string of the molecule is Cc1cc(C(F)(F)F)n2nc(C3CCN(Cc4ccc(C#CC(C)(C)O)cc4)C3)cc2n1. The number of nitrogens with zero attached hydrogens (tertiary/aromatic N) is 4. The molecule has 4 rings (SSSR count). The zero-order chi connectivity index (χ0) is 23.1. The number of likely N-dealkylation sites (tertiary alicyclic amines) is 1. The first-order valence-corrected chi connectivity index (χ1v) is 10.5. The van der Waals surface area contributed by atoms with Crippen LogP contribution in [-0.4, -0.2) is 43.3 Å². The average molecular weight is 442 g/mol. The minimum atomic E-state index is -4.49. The van der Waals surface area contributed by atoms with Crippen molar-refractivity contribution < 1.29 is 18.3 Å². The Kier molecular flexibility index (Phi) is 5.74. The van der Waals surface area contributed by atoms with Crippen LogP contribution < -0.4 is 0 Å². The summed E-state index contributed by atoms with van der Waals surface area (Å²) in [5, 5.41) is 14.0. The molecule has 0 spiro atoms. The van der Waals surface area contributed by atoms with Crippen LogP contribution in [0.2, 0.25) is 0 Å². The van der Waals surface area contributed by atoms with Gasteiger partial charge in [0.15, 0.2) is 5.65 Å². The third-order valence-corrected chi connectivity index (χ3v) is 5.43. The van der Waals surface area contributed by atoms with Gasteiger partial charge in [-0.2, -0.15) is 18.3 Å². The Morgan fingerprint density at radius 1 is 1.16 bits per heavy atom. The largest absolute Gasteiger partial charge is 0.433 e. The highest BCUT2D eigenvalue weighted by Crippen LogP contribution is 2.32. The first-order chi connectivity index (χ1) is 15.0. The number of fused-ring (bicyclic) bond motifs is 1. The van der Waals surface area contributed by atoms with E-state index in [0.717, 1.165) is 47.8 Å². The Morgan fingerprint density at radius 3 is 2.53 bits per heavy atom. The molecule has 1 unspecified atom stereocenters. The maximum atomic E-state index is 13.4. The Morgan fingerprint density at radius 2 is 1.88 bits per heavy atom. The molecule has 0 bridgehead atoms. The van der Waals surface area contributed by atoms with E-state index in [1.54, 1.807) is 26.8 Å². The van der Waals surface area contributed by atoms with E-state index in [9.17, 15) is 18.3 Å². The maximum absolute atomic E-state index is 13.4. The minimum Gasteiger partial charge on any atom is -0.378 e. The lowest BCUT2D eigenvalue weighted by atomic mass is 10.1. The van der Waals surface area contributed by atoms with E-state index in [1.165, 1.54) is 0 Å². The molecule has 1 aliphatic heterocycles. The molecule has 168 valence electrons. The van der Waals surface area contributed by atoms with Crippen molar-refractivity contribution in [2.75, 3.05) is 13.1 Å². The lowest BCUT2D eigenvalue weighted by molar-refractivity contribution is -0.142. The van der Waals surface area contributed by atoms with Crippen molar-refractivity contribution in [3.63, 3.8) is 0 Å². The lowest BCUT2D eigenvalue weighted by Gasteiger charge is -2.15. The Balaban J connectivity index is 1.46. The number of aromatic nitrogens is 3. The van der Waals surface area contributed by atoms with Gasteiger partial charge in [0.05, 0.1) is 5.69 Å². The Hall–Kier alpha value is -2.89. The monoisotopic (exact) mass is 442 g/mol. The minimum absolute atomic E-state index is 0.0648. The fourth-order valence-electron chi connectivity index (χ4n) is 3.91. The van der Waals surface area contributed by atoms with Gasteiger partial charge in [-0.3, -0.25) is 4.90 Å². The standard InChI is InChI=1S/C24H25F3N4O/c1-16-12-21(24(25,26)27)31-22(28-16)13-20(29-31)19-9-11-30(15-19)14-18-6-4-17(5-7-18)8-10-23(2,3)32/h4-7,12-13,19,32H,9,11,14-15H2,1-3H3. The molecule has 5 nitrogen and oxygen atoms in total. The van der Waals surface area contributed by atoms with Crippen LogP contribution in [0, 0.1) is 18.8 Å². The highest BCUT2D eigenvalue weighted by Gasteiger charge is 2.35. The van der Waals surface area contributed by atoms with Crippen LogP contribution in [0.1, 0.15) is 54.4 Å². The molecule has 0 saturated carbocycles. The van der Waals surface area contributed by atoms with Crippen LogP contribution >= 0.6 is 0 Å². The van der Waals surface area contributed by atoms with E-state index in [4.69, 9.17) is 0 Å².